The predicted molar refractivity (Wildman–Crippen MR) is 120 cm³/mol. The van der Waals surface area contributed by atoms with Gasteiger partial charge in [0.05, 0.1) is 30.0 Å². The van der Waals surface area contributed by atoms with E-state index in [4.69, 9.17) is 14.2 Å². The number of benzene rings is 3. The van der Waals surface area contributed by atoms with Gasteiger partial charge < -0.3 is 19.1 Å². The van der Waals surface area contributed by atoms with Crippen molar-refractivity contribution >= 4 is 37.5 Å². The zero-order valence-corrected chi connectivity index (χ0v) is 19.7. The average molecular weight is 571 g/mol. The molecule has 2 heterocycles. The Balaban J connectivity index is 1.65. The van der Waals surface area contributed by atoms with Gasteiger partial charge in [0.15, 0.2) is 11.5 Å². The summed E-state index contributed by atoms with van der Waals surface area (Å²) in [5, 5.41) is 0. The molecule has 0 aromatic heterocycles. The van der Waals surface area contributed by atoms with E-state index in [-0.39, 0.29) is 22.6 Å². The smallest absolute Gasteiger partial charge is 0.311 e. The molecule has 1 fully saturated rings. The molecule has 166 valence electrons. The Morgan fingerprint density at radius 2 is 1.25 bits per heavy atom. The first kappa shape index (κ1) is 21.6. The van der Waals surface area contributed by atoms with Crippen molar-refractivity contribution in [1.29, 1.82) is 0 Å². The first-order chi connectivity index (χ1) is 15.4. The van der Waals surface area contributed by atoms with Crippen molar-refractivity contribution in [3.8, 4) is 11.5 Å². The van der Waals surface area contributed by atoms with Crippen molar-refractivity contribution in [2.45, 2.75) is 5.79 Å². The van der Waals surface area contributed by atoms with E-state index >= 15 is 8.78 Å². The number of fused-ring (bicyclic) bond motifs is 1. The molecule has 0 radical (unpaired) electrons. The fourth-order valence-corrected chi connectivity index (χ4v) is 4.61. The lowest BCUT2D eigenvalue weighted by molar-refractivity contribution is -0.0515. The Morgan fingerprint density at radius 3 is 1.78 bits per heavy atom. The Morgan fingerprint density at radius 1 is 0.719 bits per heavy atom. The first-order valence-corrected chi connectivity index (χ1v) is 11.4. The highest BCUT2D eigenvalue weighted by Gasteiger charge is 2.49. The van der Waals surface area contributed by atoms with E-state index in [0.29, 0.717) is 40.9 Å². The molecule has 0 aliphatic carbocycles. The van der Waals surface area contributed by atoms with Crippen LogP contribution < -0.4 is 14.4 Å². The van der Waals surface area contributed by atoms with Gasteiger partial charge in [-0.05, 0) is 36.4 Å². The summed E-state index contributed by atoms with van der Waals surface area (Å²) in [7, 11) is 0. The molecule has 32 heavy (non-hydrogen) atoms. The third-order valence-electron chi connectivity index (χ3n) is 5.44. The van der Waals surface area contributed by atoms with E-state index in [1.165, 1.54) is 36.4 Å². The summed E-state index contributed by atoms with van der Waals surface area (Å²) in [6.07, 6.45) is 0. The van der Waals surface area contributed by atoms with E-state index in [9.17, 15) is 4.39 Å². The second-order valence-corrected chi connectivity index (χ2v) is 9.25. The van der Waals surface area contributed by atoms with Crippen LogP contribution in [0.4, 0.5) is 18.9 Å². The van der Waals surface area contributed by atoms with Gasteiger partial charge in [0.25, 0.3) is 0 Å². The summed E-state index contributed by atoms with van der Waals surface area (Å²) < 4.78 is 63.7. The van der Waals surface area contributed by atoms with Gasteiger partial charge in [-0.2, -0.15) is 0 Å². The summed E-state index contributed by atoms with van der Waals surface area (Å²) in [5.74, 6) is -3.56. The number of halogens is 5. The van der Waals surface area contributed by atoms with E-state index in [0.717, 1.165) is 0 Å². The van der Waals surface area contributed by atoms with Crippen LogP contribution in [0.1, 0.15) is 11.1 Å². The highest BCUT2D eigenvalue weighted by Crippen LogP contribution is 2.51. The molecule has 1 saturated heterocycles. The number of anilines is 1. The zero-order chi connectivity index (χ0) is 22.5. The first-order valence-electron chi connectivity index (χ1n) is 9.83. The molecule has 0 atom stereocenters. The summed E-state index contributed by atoms with van der Waals surface area (Å²) in [4.78, 5) is 1.84. The quantitative estimate of drug-likeness (QED) is 0.379. The molecule has 0 amide bonds. The van der Waals surface area contributed by atoms with Gasteiger partial charge in [-0.25, -0.2) is 13.2 Å². The third-order valence-corrected chi connectivity index (χ3v) is 6.43. The Hall–Kier alpha value is -2.23. The van der Waals surface area contributed by atoms with Crippen LogP contribution in [-0.2, 0) is 10.5 Å². The summed E-state index contributed by atoms with van der Waals surface area (Å²) >= 11 is 6.45. The molecular formula is C23H16Br2F3NO3. The standard InChI is InChI=1S/C23H16Br2F3NO3/c24-13-1-3-15(17(26)9-13)23(16-4-2-14(25)10-18(16)27)31-21-11-19(28)20(12-22(21)32-23)29-5-7-30-8-6-29/h1-4,9-12H,5-8H2. The molecule has 3 aromatic carbocycles. The number of hydrogen-bond acceptors (Lipinski definition) is 4. The monoisotopic (exact) mass is 569 g/mol. The largest absolute Gasteiger partial charge is 0.440 e. The minimum absolute atomic E-state index is 0.0357. The van der Waals surface area contributed by atoms with Crippen LogP contribution in [0.2, 0.25) is 0 Å². The van der Waals surface area contributed by atoms with Crippen LogP contribution >= 0.6 is 31.9 Å². The van der Waals surface area contributed by atoms with Crippen molar-refractivity contribution in [2.75, 3.05) is 31.2 Å². The molecule has 2 aliphatic heterocycles. The van der Waals surface area contributed by atoms with Crippen LogP contribution in [0.25, 0.3) is 0 Å². The molecule has 4 nitrogen and oxygen atoms in total. The third kappa shape index (κ3) is 3.66. The van der Waals surface area contributed by atoms with Crippen LogP contribution in [0.5, 0.6) is 11.5 Å². The lowest BCUT2D eigenvalue weighted by Crippen LogP contribution is -2.38. The van der Waals surface area contributed by atoms with Gasteiger partial charge in [0.2, 0.25) is 0 Å². The van der Waals surface area contributed by atoms with Crippen molar-refractivity contribution in [2.24, 2.45) is 0 Å². The van der Waals surface area contributed by atoms with Gasteiger partial charge in [0.1, 0.15) is 17.5 Å². The van der Waals surface area contributed by atoms with Crippen molar-refractivity contribution in [3.05, 3.63) is 86.1 Å². The van der Waals surface area contributed by atoms with Gasteiger partial charge >= 0.3 is 5.79 Å². The molecule has 2 aliphatic rings. The van der Waals surface area contributed by atoms with Crippen LogP contribution in [0.3, 0.4) is 0 Å². The molecule has 0 unspecified atom stereocenters. The van der Waals surface area contributed by atoms with E-state index in [1.54, 1.807) is 12.1 Å². The number of nitrogens with zero attached hydrogens (tertiary/aromatic N) is 1. The van der Waals surface area contributed by atoms with Gasteiger partial charge in [-0.15, -0.1) is 0 Å². The molecule has 9 heteroatoms. The molecule has 0 saturated carbocycles. The Kier molecular flexibility index (Phi) is 5.59. The highest BCUT2D eigenvalue weighted by atomic mass is 79.9. The normalized spacial score (nSPS) is 17.0. The van der Waals surface area contributed by atoms with Gasteiger partial charge in [-0.3, -0.25) is 0 Å². The van der Waals surface area contributed by atoms with Crippen molar-refractivity contribution in [1.82, 2.24) is 0 Å². The van der Waals surface area contributed by atoms with Crippen molar-refractivity contribution < 1.29 is 27.4 Å². The summed E-state index contributed by atoms with van der Waals surface area (Å²) in [5.41, 5.74) is 0.247. The van der Waals surface area contributed by atoms with Crippen molar-refractivity contribution in [3.63, 3.8) is 0 Å². The number of hydrogen-bond donors (Lipinski definition) is 0. The zero-order valence-electron chi connectivity index (χ0n) is 16.5. The second kappa shape index (κ2) is 8.28. The van der Waals surface area contributed by atoms with E-state index in [1.807, 2.05) is 4.90 Å². The Labute approximate surface area is 199 Å². The van der Waals surface area contributed by atoms with Crippen LogP contribution in [-0.4, -0.2) is 26.3 Å². The van der Waals surface area contributed by atoms with Crippen LogP contribution in [0, 0.1) is 17.5 Å². The topological polar surface area (TPSA) is 30.9 Å². The molecule has 0 N–H and O–H groups in total. The maximum Gasteiger partial charge on any atom is 0.311 e. The second-order valence-electron chi connectivity index (χ2n) is 7.42. The minimum Gasteiger partial charge on any atom is -0.440 e. The predicted octanol–water partition coefficient (Wildman–Crippen LogP) is 6.14. The van der Waals surface area contributed by atoms with Gasteiger partial charge in [-0.1, -0.05) is 31.9 Å². The lowest BCUT2D eigenvalue weighted by Gasteiger charge is -2.29. The molecule has 5 rings (SSSR count). The minimum atomic E-state index is -1.96. The number of morpholine rings is 1. The molecule has 3 aromatic rings. The lowest BCUT2D eigenvalue weighted by atomic mass is 9.96. The highest BCUT2D eigenvalue weighted by molar-refractivity contribution is 9.10. The number of rotatable bonds is 3. The van der Waals surface area contributed by atoms with E-state index in [2.05, 4.69) is 31.9 Å². The maximum absolute atomic E-state index is 15.1. The SMILES string of the molecule is Fc1cc2c(cc1N1CCOCC1)OC(c1ccc(Br)cc1F)(c1ccc(Br)cc1F)O2. The summed E-state index contributed by atoms with van der Waals surface area (Å²) in [6, 6.07) is 11.3. The average Bonchev–Trinajstić information content (AvgIpc) is 3.12. The van der Waals surface area contributed by atoms with Crippen LogP contribution in [0.15, 0.2) is 57.5 Å². The fourth-order valence-electron chi connectivity index (χ4n) is 3.94. The fraction of sp³-hybridized carbons (Fsp3) is 0.217. The summed E-state index contributed by atoms with van der Waals surface area (Å²) in [6.45, 7) is 1.99. The Bertz CT molecular complexity index is 1150. The van der Waals surface area contributed by atoms with E-state index < -0.39 is 23.2 Å². The van der Waals surface area contributed by atoms with Gasteiger partial charge in [0, 0.05) is 34.2 Å². The maximum atomic E-state index is 15.1. The molecular weight excluding hydrogens is 555 g/mol. The number of ether oxygens (including phenoxy) is 3. The molecule has 0 spiro atoms. The molecule has 0 bridgehead atoms.